The molecule has 3 nitrogen and oxygen atoms in total. The van der Waals surface area contributed by atoms with Gasteiger partial charge in [-0.15, -0.1) is 0 Å². The average molecular weight is 393 g/mol. The second kappa shape index (κ2) is 9.66. The van der Waals surface area contributed by atoms with Gasteiger partial charge in [-0.05, 0) is 40.8 Å². The van der Waals surface area contributed by atoms with Gasteiger partial charge in [0.25, 0.3) is 0 Å². The average Bonchev–Trinajstić information content (AvgIpc) is 2.81. The Morgan fingerprint density at radius 1 is 0.667 bits per heavy atom. The summed E-state index contributed by atoms with van der Waals surface area (Å²) in [4.78, 5) is 17.7. The van der Waals surface area contributed by atoms with Crippen molar-refractivity contribution in [2.45, 2.75) is 18.4 Å². The highest BCUT2D eigenvalue weighted by Gasteiger charge is 2.25. The zero-order valence-corrected chi connectivity index (χ0v) is 16.7. The molecule has 30 heavy (non-hydrogen) atoms. The Morgan fingerprint density at radius 2 is 1.13 bits per heavy atom. The number of nitrogens with zero attached hydrogens (tertiary/aromatic N) is 1. The number of nitrogens with one attached hydrogen (secondary N) is 1. The van der Waals surface area contributed by atoms with E-state index >= 15 is 0 Å². The van der Waals surface area contributed by atoms with Gasteiger partial charge in [0.2, 0.25) is 5.91 Å². The molecular weight excluding hydrogens is 368 g/mol. The first-order chi connectivity index (χ1) is 14.8. The van der Waals surface area contributed by atoms with E-state index in [0.717, 1.165) is 22.3 Å². The summed E-state index contributed by atoms with van der Waals surface area (Å²) in [5, 5.41) is 3.32. The van der Waals surface area contributed by atoms with E-state index in [1.165, 1.54) is 0 Å². The SMILES string of the molecule is O=C(NC(Cc1ccncc1)c1ccccc1)C(c1ccccc1)c1ccccc1. The van der Waals surface area contributed by atoms with Gasteiger partial charge in [0.05, 0.1) is 12.0 Å². The largest absolute Gasteiger partial charge is 0.348 e. The number of rotatable bonds is 7. The molecule has 1 heterocycles. The van der Waals surface area contributed by atoms with E-state index in [2.05, 4.69) is 22.4 Å². The summed E-state index contributed by atoms with van der Waals surface area (Å²) in [7, 11) is 0. The van der Waals surface area contributed by atoms with Crippen LogP contribution in [0, 0.1) is 0 Å². The maximum absolute atomic E-state index is 13.6. The van der Waals surface area contributed by atoms with E-state index in [9.17, 15) is 4.79 Å². The lowest BCUT2D eigenvalue weighted by molar-refractivity contribution is -0.122. The van der Waals surface area contributed by atoms with Crippen LogP contribution in [0.3, 0.4) is 0 Å². The lowest BCUT2D eigenvalue weighted by Gasteiger charge is -2.24. The molecule has 4 aromatic rings. The van der Waals surface area contributed by atoms with Gasteiger partial charge in [-0.3, -0.25) is 9.78 Å². The van der Waals surface area contributed by atoms with E-state index in [4.69, 9.17) is 0 Å². The van der Waals surface area contributed by atoms with Gasteiger partial charge in [-0.2, -0.15) is 0 Å². The van der Waals surface area contributed by atoms with Crippen LogP contribution in [0.4, 0.5) is 0 Å². The molecular formula is C27H24N2O. The van der Waals surface area contributed by atoms with Crippen LogP contribution in [0.2, 0.25) is 0 Å². The number of carbonyl (C=O) groups is 1. The molecule has 148 valence electrons. The predicted octanol–water partition coefficient (Wildman–Crippen LogP) is 5.31. The summed E-state index contributed by atoms with van der Waals surface area (Å²) in [6.45, 7) is 0. The van der Waals surface area contributed by atoms with Crippen molar-refractivity contribution < 1.29 is 4.79 Å². The zero-order chi connectivity index (χ0) is 20.6. The van der Waals surface area contributed by atoms with Gasteiger partial charge in [0.1, 0.15) is 0 Å². The standard InChI is InChI=1S/C27H24N2O/c30-27(26(23-12-6-2-7-13-23)24-14-8-3-9-15-24)29-25(22-10-4-1-5-11-22)20-21-16-18-28-19-17-21/h1-19,25-26H,20H2,(H,29,30). The van der Waals surface area contributed by atoms with Gasteiger partial charge in [-0.25, -0.2) is 0 Å². The quantitative estimate of drug-likeness (QED) is 0.463. The van der Waals surface area contributed by atoms with Gasteiger partial charge in [-0.1, -0.05) is 91.0 Å². The molecule has 1 atom stereocenters. The van der Waals surface area contributed by atoms with Crippen molar-refractivity contribution in [3.8, 4) is 0 Å². The number of aromatic nitrogens is 1. The Hall–Kier alpha value is -3.72. The van der Waals surface area contributed by atoms with Gasteiger partial charge in [0.15, 0.2) is 0 Å². The molecule has 0 aliphatic heterocycles. The first kappa shape index (κ1) is 19.6. The smallest absolute Gasteiger partial charge is 0.232 e. The highest BCUT2D eigenvalue weighted by atomic mass is 16.1. The van der Waals surface area contributed by atoms with Crippen LogP contribution in [0.25, 0.3) is 0 Å². The van der Waals surface area contributed by atoms with E-state index in [1.807, 2.05) is 91.0 Å². The summed E-state index contributed by atoms with van der Waals surface area (Å²) < 4.78 is 0. The molecule has 1 unspecified atom stereocenters. The molecule has 0 aliphatic carbocycles. The molecule has 0 fully saturated rings. The number of pyridine rings is 1. The second-order valence-electron chi connectivity index (χ2n) is 7.29. The Morgan fingerprint density at radius 3 is 1.63 bits per heavy atom. The minimum atomic E-state index is -0.365. The van der Waals surface area contributed by atoms with E-state index in [-0.39, 0.29) is 17.9 Å². The number of hydrogen-bond donors (Lipinski definition) is 1. The fourth-order valence-electron chi connectivity index (χ4n) is 3.73. The maximum Gasteiger partial charge on any atom is 0.232 e. The van der Waals surface area contributed by atoms with Crippen molar-refractivity contribution in [3.05, 3.63) is 138 Å². The number of hydrogen-bond acceptors (Lipinski definition) is 2. The van der Waals surface area contributed by atoms with Gasteiger partial charge in [0, 0.05) is 12.4 Å². The molecule has 3 aromatic carbocycles. The number of benzene rings is 3. The van der Waals surface area contributed by atoms with Crippen molar-refractivity contribution in [2.24, 2.45) is 0 Å². The molecule has 1 N–H and O–H groups in total. The molecule has 0 saturated heterocycles. The fourth-order valence-corrected chi connectivity index (χ4v) is 3.73. The Kier molecular flexibility index (Phi) is 6.31. The molecule has 0 radical (unpaired) electrons. The summed E-state index contributed by atoms with van der Waals surface area (Å²) in [5.41, 5.74) is 4.19. The minimum Gasteiger partial charge on any atom is -0.348 e. The van der Waals surface area contributed by atoms with E-state index in [0.29, 0.717) is 6.42 Å². The van der Waals surface area contributed by atoms with Crippen LogP contribution in [0.1, 0.15) is 34.2 Å². The van der Waals surface area contributed by atoms with Crippen molar-refractivity contribution in [3.63, 3.8) is 0 Å². The van der Waals surface area contributed by atoms with Crippen LogP contribution in [0.15, 0.2) is 116 Å². The molecule has 0 spiro atoms. The normalized spacial score (nSPS) is 11.8. The highest BCUT2D eigenvalue weighted by Crippen LogP contribution is 2.27. The lowest BCUT2D eigenvalue weighted by Crippen LogP contribution is -2.34. The molecule has 0 bridgehead atoms. The van der Waals surface area contributed by atoms with Crippen molar-refractivity contribution in [1.29, 1.82) is 0 Å². The van der Waals surface area contributed by atoms with E-state index < -0.39 is 0 Å². The summed E-state index contributed by atoms with van der Waals surface area (Å²) in [5.74, 6) is -0.369. The second-order valence-corrected chi connectivity index (χ2v) is 7.29. The van der Waals surface area contributed by atoms with Crippen molar-refractivity contribution in [1.82, 2.24) is 10.3 Å². The van der Waals surface area contributed by atoms with Gasteiger partial charge < -0.3 is 5.32 Å². The van der Waals surface area contributed by atoms with Crippen molar-refractivity contribution in [2.75, 3.05) is 0 Å². The molecule has 1 amide bonds. The fraction of sp³-hybridized carbons (Fsp3) is 0.111. The minimum absolute atomic E-state index is 0.00434. The third-order valence-corrected chi connectivity index (χ3v) is 5.24. The topological polar surface area (TPSA) is 42.0 Å². The third-order valence-electron chi connectivity index (χ3n) is 5.24. The maximum atomic E-state index is 13.6. The molecule has 3 heteroatoms. The zero-order valence-electron chi connectivity index (χ0n) is 16.7. The Balaban J connectivity index is 1.65. The van der Waals surface area contributed by atoms with Gasteiger partial charge >= 0.3 is 0 Å². The molecule has 0 aliphatic rings. The van der Waals surface area contributed by atoms with Crippen LogP contribution in [-0.2, 0) is 11.2 Å². The first-order valence-corrected chi connectivity index (χ1v) is 10.2. The van der Waals surface area contributed by atoms with Crippen LogP contribution in [-0.4, -0.2) is 10.9 Å². The number of carbonyl (C=O) groups excluding carboxylic acids is 1. The van der Waals surface area contributed by atoms with Crippen LogP contribution < -0.4 is 5.32 Å². The molecule has 4 rings (SSSR count). The van der Waals surface area contributed by atoms with Crippen LogP contribution >= 0.6 is 0 Å². The predicted molar refractivity (Wildman–Crippen MR) is 120 cm³/mol. The summed E-state index contributed by atoms with van der Waals surface area (Å²) in [6, 6.07) is 33.9. The van der Waals surface area contributed by atoms with E-state index in [1.54, 1.807) is 12.4 Å². The molecule has 0 saturated carbocycles. The monoisotopic (exact) mass is 392 g/mol. The third kappa shape index (κ3) is 4.81. The summed E-state index contributed by atoms with van der Waals surface area (Å²) in [6.07, 6.45) is 4.28. The lowest BCUT2D eigenvalue weighted by atomic mass is 9.89. The first-order valence-electron chi connectivity index (χ1n) is 10.2. The number of amides is 1. The Bertz CT molecular complexity index is 1010. The van der Waals surface area contributed by atoms with Crippen LogP contribution in [0.5, 0.6) is 0 Å². The summed E-state index contributed by atoms with van der Waals surface area (Å²) >= 11 is 0. The van der Waals surface area contributed by atoms with Crippen molar-refractivity contribution >= 4 is 5.91 Å². The highest BCUT2D eigenvalue weighted by molar-refractivity contribution is 5.87. The Labute approximate surface area is 177 Å². The molecule has 1 aromatic heterocycles.